The molecule has 2 aliphatic rings. The van der Waals surface area contributed by atoms with Crippen molar-refractivity contribution in [1.82, 2.24) is 24.8 Å². The Morgan fingerprint density at radius 1 is 1.03 bits per heavy atom. The highest BCUT2D eigenvalue weighted by Gasteiger charge is 2.21. The number of aromatic nitrogens is 3. The Labute approximate surface area is 224 Å². The van der Waals surface area contributed by atoms with Crippen LogP contribution >= 0.6 is 11.6 Å². The zero-order valence-corrected chi connectivity index (χ0v) is 22.6. The number of nitrogens with one attached hydrogen (secondary N) is 2. The number of hydrogen-bond acceptors (Lipinski definition) is 8. The van der Waals surface area contributed by atoms with Crippen molar-refractivity contribution < 1.29 is 9.47 Å². The van der Waals surface area contributed by atoms with Gasteiger partial charge in [0.2, 0.25) is 0 Å². The molecule has 0 unspecified atom stereocenters. The number of rotatable bonds is 10. The molecule has 5 rings (SSSR count). The molecule has 200 valence electrons. The van der Waals surface area contributed by atoms with E-state index in [-0.39, 0.29) is 0 Å². The molecule has 2 N–H and O–H groups in total. The SMILES string of the molecule is COCCOCCN1CCN(c2ccc(-c3nc4ncc(Cl)c(NC5CCN(C)CC5)c4[nH]3)cc2)CC1. The molecule has 3 aromatic rings. The minimum atomic E-state index is 0.397. The lowest BCUT2D eigenvalue weighted by atomic mass is 10.1. The van der Waals surface area contributed by atoms with Crippen LogP contribution in [0.1, 0.15) is 12.8 Å². The van der Waals surface area contributed by atoms with Crippen molar-refractivity contribution in [2.45, 2.75) is 18.9 Å². The summed E-state index contributed by atoms with van der Waals surface area (Å²) in [4.78, 5) is 20.0. The number of anilines is 2. The fraction of sp³-hybridized carbons (Fsp3) is 0.556. The van der Waals surface area contributed by atoms with Gasteiger partial charge >= 0.3 is 0 Å². The van der Waals surface area contributed by atoms with Crippen LogP contribution in [0.3, 0.4) is 0 Å². The summed E-state index contributed by atoms with van der Waals surface area (Å²) in [6.45, 7) is 9.31. The van der Waals surface area contributed by atoms with Crippen molar-refractivity contribution >= 4 is 34.1 Å². The Morgan fingerprint density at radius 3 is 2.51 bits per heavy atom. The van der Waals surface area contributed by atoms with Gasteiger partial charge in [0, 0.05) is 57.1 Å². The first-order chi connectivity index (χ1) is 18.1. The maximum Gasteiger partial charge on any atom is 0.180 e. The van der Waals surface area contributed by atoms with Gasteiger partial charge in [-0.2, -0.15) is 0 Å². The third-order valence-electron chi connectivity index (χ3n) is 7.40. The van der Waals surface area contributed by atoms with E-state index in [4.69, 9.17) is 26.1 Å². The number of ether oxygens (including phenoxy) is 2. The van der Waals surface area contributed by atoms with Crippen molar-refractivity contribution in [2.75, 3.05) is 90.0 Å². The molecular formula is C27H38ClN7O2. The fourth-order valence-electron chi connectivity index (χ4n) is 5.07. The molecule has 2 saturated heterocycles. The number of nitrogens with zero attached hydrogens (tertiary/aromatic N) is 5. The van der Waals surface area contributed by atoms with Crippen LogP contribution in [0.4, 0.5) is 11.4 Å². The average molecular weight is 528 g/mol. The number of piperidine rings is 1. The minimum Gasteiger partial charge on any atom is -0.382 e. The molecule has 0 spiro atoms. The van der Waals surface area contributed by atoms with Crippen LogP contribution in [-0.2, 0) is 9.47 Å². The highest BCUT2D eigenvalue weighted by molar-refractivity contribution is 6.34. The van der Waals surface area contributed by atoms with Gasteiger partial charge in [0.1, 0.15) is 11.3 Å². The lowest BCUT2D eigenvalue weighted by molar-refractivity contribution is 0.0563. The van der Waals surface area contributed by atoms with Crippen molar-refractivity contribution in [1.29, 1.82) is 0 Å². The monoisotopic (exact) mass is 527 g/mol. The Kier molecular flexibility index (Phi) is 8.78. The number of benzene rings is 1. The van der Waals surface area contributed by atoms with Gasteiger partial charge in [-0.05, 0) is 57.2 Å². The predicted octanol–water partition coefficient (Wildman–Crippen LogP) is 3.57. The number of piperazine rings is 1. The molecule has 0 saturated carbocycles. The van der Waals surface area contributed by atoms with E-state index in [9.17, 15) is 0 Å². The Bertz CT molecular complexity index is 1140. The number of halogens is 1. The van der Waals surface area contributed by atoms with Crippen LogP contribution in [0, 0.1) is 0 Å². The second kappa shape index (κ2) is 12.4. The van der Waals surface area contributed by atoms with E-state index in [0.717, 1.165) is 87.9 Å². The minimum absolute atomic E-state index is 0.397. The van der Waals surface area contributed by atoms with Crippen molar-refractivity contribution in [3.05, 3.63) is 35.5 Å². The topological polar surface area (TPSA) is 81.8 Å². The van der Waals surface area contributed by atoms with Crippen molar-refractivity contribution in [3.63, 3.8) is 0 Å². The van der Waals surface area contributed by atoms with E-state index in [1.807, 2.05) is 0 Å². The first-order valence-electron chi connectivity index (χ1n) is 13.2. The van der Waals surface area contributed by atoms with Crippen LogP contribution in [-0.4, -0.2) is 111 Å². The number of hydrogen-bond donors (Lipinski definition) is 2. The first kappa shape index (κ1) is 26.2. The summed E-state index contributed by atoms with van der Waals surface area (Å²) in [6, 6.07) is 9.03. The summed E-state index contributed by atoms with van der Waals surface area (Å²) >= 11 is 6.57. The van der Waals surface area contributed by atoms with Gasteiger partial charge in [-0.3, -0.25) is 4.90 Å². The highest BCUT2D eigenvalue weighted by Crippen LogP contribution is 2.32. The van der Waals surface area contributed by atoms with Gasteiger partial charge in [0.25, 0.3) is 0 Å². The molecule has 9 nitrogen and oxygen atoms in total. The number of methoxy groups -OCH3 is 1. The lowest BCUT2D eigenvalue weighted by Gasteiger charge is -2.36. The van der Waals surface area contributed by atoms with Crippen molar-refractivity contribution in [2.24, 2.45) is 0 Å². The van der Waals surface area contributed by atoms with Gasteiger partial charge < -0.3 is 29.6 Å². The maximum atomic E-state index is 6.57. The molecule has 0 bridgehead atoms. The van der Waals surface area contributed by atoms with E-state index >= 15 is 0 Å². The van der Waals surface area contributed by atoms with Crippen molar-refractivity contribution in [3.8, 4) is 11.4 Å². The lowest BCUT2D eigenvalue weighted by Crippen LogP contribution is -2.47. The molecule has 0 aliphatic carbocycles. The standard InChI is InChI=1S/C27H38ClN7O2/c1-33-9-7-21(8-10-33)30-24-23(28)19-29-27-25(24)31-26(32-27)20-3-5-22(6-4-20)35-13-11-34(12-14-35)15-16-37-18-17-36-2/h3-6,19,21H,7-18H2,1-2H3,(H2,29,30,31,32). The van der Waals surface area contributed by atoms with Crippen LogP contribution < -0.4 is 10.2 Å². The van der Waals surface area contributed by atoms with E-state index in [1.54, 1.807) is 13.3 Å². The third kappa shape index (κ3) is 6.53. The number of aromatic amines is 1. The summed E-state index contributed by atoms with van der Waals surface area (Å²) in [5.74, 6) is 0.807. The van der Waals surface area contributed by atoms with Crippen LogP contribution in [0.25, 0.3) is 22.6 Å². The molecular weight excluding hydrogens is 490 g/mol. The van der Waals surface area contributed by atoms with E-state index < -0.39 is 0 Å². The smallest absolute Gasteiger partial charge is 0.180 e. The summed E-state index contributed by atoms with van der Waals surface area (Å²) in [5, 5.41) is 4.28. The summed E-state index contributed by atoms with van der Waals surface area (Å²) in [6.07, 6.45) is 3.88. The molecule has 2 fully saturated rings. The van der Waals surface area contributed by atoms with Gasteiger partial charge in [0.15, 0.2) is 5.65 Å². The average Bonchev–Trinajstić information content (AvgIpc) is 3.37. The highest BCUT2D eigenvalue weighted by atomic mass is 35.5. The Hall–Kier alpha value is -2.43. The number of likely N-dealkylation sites (tertiary alicyclic amines) is 1. The van der Waals surface area contributed by atoms with Gasteiger partial charge in [-0.25, -0.2) is 9.97 Å². The number of H-pyrrole nitrogens is 1. The first-order valence-corrected chi connectivity index (χ1v) is 13.6. The number of fused-ring (bicyclic) bond motifs is 1. The van der Waals surface area contributed by atoms with Crippen LogP contribution in [0.2, 0.25) is 5.02 Å². The zero-order valence-electron chi connectivity index (χ0n) is 21.9. The molecule has 0 radical (unpaired) electrons. The number of pyridine rings is 1. The van der Waals surface area contributed by atoms with Gasteiger partial charge in [0.05, 0.1) is 36.7 Å². The molecule has 4 heterocycles. The normalized spacial score (nSPS) is 18.1. The molecule has 0 amide bonds. The third-order valence-corrected chi connectivity index (χ3v) is 7.69. The second-order valence-corrected chi connectivity index (χ2v) is 10.4. The Balaban J connectivity index is 1.21. The molecule has 1 aromatic carbocycles. The fourth-order valence-corrected chi connectivity index (χ4v) is 5.26. The second-order valence-electron chi connectivity index (χ2n) is 9.97. The molecule has 10 heteroatoms. The molecule has 2 aromatic heterocycles. The summed E-state index contributed by atoms with van der Waals surface area (Å²) in [5.41, 5.74) is 4.73. The zero-order chi connectivity index (χ0) is 25.6. The molecule has 2 aliphatic heterocycles. The molecule has 0 atom stereocenters. The van der Waals surface area contributed by atoms with Crippen LogP contribution in [0.5, 0.6) is 0 Å². The summed E-state index contributed by atoms with van der Waals surface area (Å²) < 4.78 is 10.6. The van der Waals surface area contributed by atoms with Gasteiger partial charge in [-0.1, -0.05) is 11.6 Å². The predicted molar refractivity (Wildman–Crippen MR) is 150 cm³/mol. The Morgan fingerprint density at radius 2 is 1.78 bits per heavy atom. The maximum absolute atomic E-state index is 6.57. The van der Waals surface area contributed by atoms with E-state index in [1.165, 1.54) is 5.69 Å². The largest absolute Gasteiger partial charge is 0.382 e. The van der Waals surface area contributed by atoms with Crippen LogP contribution in [0.15, 0.2) is 30.5 Å². The quantitative estimate of drug-likeness (QED) is 0.387. The number of imidazole rings is 1. The van der Waals surface area contributed by atoms with E-state index in [0.29, 0.717) is 29.9 Å². The molecule has 37 heavy (non-hydrogen) atoms. The van der Waals surface area contributed by atoms with E-state index in [2.05, 4.69) is 61.3 Å². The van der Waals surface area contributed by atoms with Gasteiger partial charge in [-0.15, -0.1) is 0 Å². The summed E-state index contributed by atoms with van der Waals surface area (Å²) in [7, 11) is 3.87.